The van der Waals surface area contributed by atoms with Crippen molar-refractivity contribution in [3.8, 4) is 0 Å². The second-order valence-electron chi connectivity index (χ2n) is 7.18. The summed E-state index contributed by atoms with van der Waals surface area (Å²) in [5, 5.41) is 16.3. The van der Waals surface area contributed by atoms with Crippen LogP contribution in [0.5, 0.6) is 0 Å². The molecule has 24 heavy (non-hydrogen) atoms. The van der Waals surface area contributed by atoms with E-state index in [2.05, 4.69) is 10.6 Å². The van der Waals surface area contributed by atoms with Gasteiger partial charge in [-0.1, -0.05) is 44.1 Å². The van der Waals surface area contributed by atoms with Crippen LogP contribution in [0.1, 0.15) is 47.0 Å². The number of carbonyl (C=O) groups is 1. The smallest absolute Gasteiger partial charge is 0.407 e. The van der Waals surface area contributed by atoms with E-state index < -0.39 is 42.0 Å². The summed E-state index contributed by atoms with van der Waals surface area (Å²) in [6, 6.07) is -3.01. The SMILES string of the molecule is [2H]c1c([2H])c([2H])c(C[C@H](NC(=O)OC(C)(C)C)[C@H](O)CNCC(C)C)c([2H])c1[2H]. The number of ether oxygens (including phenoxy) is 1. The first kappa shape index (κ1) is 13.7. The Bertz CT molecular complexity index is 694. The second-order valence-corrected chi connectivity index (χ2v) is 7.18. The summed E-state index contributed by atoms with van der Waals surface area (Å²) < 4.78 is 44.7. The number of aliphatic hydroxyl groups excluding tert-OH is 1. The Morgan fingerprint density at radius 1 is 1.25 bits per heavy atom. The van der Waals surface area contributed by atoms with Gasteiger partial charge in [-0.15, -0.1) is 0 Å². The lowest BCUT2D eigenvalue weighted by atomic mass is 10.0. The third-order valence-corrected chi connectivity index (χ3v) is 3.05. The van der Waals surface area contributed by atoms with Crippen molar-refractivity contribution < 1.29 is 21.5 Å². The van der Waals surface area contributed by atoms with E-state index in [9.17, 15) is 9.90 Å². The maximum atomic E-state index is 12.2. The van der Waals surface area contributed by atoms with Crippen LogP contribution in [0.15, 0.2) is 30.2 Å². The molecule has 2 atom stereocenters. The lowest BCUT2D eigenvalue weighted by Gasteiger charge is -2.27. The van der Waals surface area contributed by atoms with E-state index in [0.29, 0.717) is 12.5 Å². The number of alkyl carbamates (subject to hydrolysis) is 1. The summed E-state index contributed by atoms with van der Waals surface area (Å²) in [6.07, 6.45) is -1.95. The fourth-order valence-electron chi connectivity index (χ4n) is 2.00. The number of hydrogen-bond donors (Lipinski definition) is 3. The van der Waals surface area contributed by atoms with Crippen LogP contribution in [0.2, 0.25) is 0 Å². The minimum atomic E-state index is -1.06. The Labute approximate surface area is 152 Å². The van der Waals surface area contributed by atoms with Crippen LogP contribution in [-0.2, 0) is 11.2 Å². The third kappa shape index (κ3) is 8.89. The molecule has 5 nitrogen and oxygen atoms in total. The maximum absolute atomic E-state index is 12.2. The molecule has 1 aromatic rings. The summed E-state index contributed by atoms with van der Waals surface area (Å²) in [7, 11) is 0. The molecule has 0 aliphatic rings. The summed E-state index contributed by atoms with van der Waals surface area (Å²) in [4.78, 5) is 12.2. The molecule has 0 aliphatic heterocycles. The predicted octanol–water partition coefficient (Wildman–Crippen LogP) is 2.73. The number of nitrogens with one attached hydrogen (secondary N) is 2. The monoisotopic (exact) mass is 341 g/mol. The van der Waals surface area contributed by atoms with E-state index in [1.54, 1.807) is 20.8 Å². The van der Waals surface area contributed by atoms with Crippen LogP contribution >= 0.6 is 0 Å². The lowest BCUT2D eigenvalue weighted by molar-refractivity contribution is 0.0422. The number of rotatable bonds is 8. The van der Waals surface area contributed by atoms with Gasteiger partial charge < -0.3 is 20.5 Å². The van der Waals surface area contributed by atoms with Crippen LogP contribution in [0.4, 0.5) is 4.79 Å². The number of carbonyl (C=O) groups excluding carboxylic acids is 1. The first-order chi connectivity index (χ1) is 13.2. The van der Waals surface area contributed by atoms with E-state index >= 15 is 0 Å². The van der Waals surface area contributed by atoms with Crippen molar-refractivity contribution in [1.29, 1.82) is 0 Å². The first-order valence-electron chi connectivity index (χ1n) is 10.7. The Morgan fingerprint density at radius 2 is 1.88 bits per heavy atom. The van der Waals surface area contributed by atoms with Gasteiger partial charge in [0.1, 0.15) is 5.60 Å². The quantitative estimate of drug-likeness (QED) is 0.680. The van der Waals surface area contributed by atoms with E-state index in [4.69, 9.17) is 11.6 Å². The highest BCUT2D eigenvalue weighted by Crippen LogP contribution is 2.10. The van der Waals surface area contributed by atoms with Gasteiger partial charge in [0, 0.05) is 6.54 Å². The molecule has 1 aromatic carbocycles. The average Bonchev–Trinajstić information content (AvgIpc) is 2.58. The van der Waals surface area contributed by atoms with Gasteiger partial charge in [0.15, 0.2) is 0 Å². The van der Waals surface area contributed by atoms with Gasteiger partial charge in [0.2, 0.25) is 0 Å². The molecule has 1 amide bonds. The highest BCUT2D eigenvalue weighted by molar-refractivity contribution is 5.68. The van der Waals surface area contributed by atoms with Gasteiger partial charge in [0.05, 0.1) is 19.0 Å². The maximum Gasteiger partial charge on any atom is 0.407 e. The van der Waals surface area contributed by atoms with Gasteiger partial charge in [0.25, 0.3) is 0 Å². The predicted molar refractivity (Wildman–Crippen MR) is 97.0 cm³/mol. The van der Waals surface area contributed by atoms with Crippen molar-refractivity contribution >= 4 is 6.09 Å². The number of aliphatic hydroxyl groups is 1. The Morgan fingerprint density at radius 3 is 2.42 bits per heavy atom. The molecular formula is C19H32N2O3. The third-order valence-electron chi connectivity index (χ3n) is 3.05. The zero-order chi connectivity index (χ0) is 22.5. The molecule has 0 heterocycles. The Hall–Kier alpha value is -1.59. The molecule has 0 bridgehead atoms. The van der Waals surface area contributed by atoms with Crippen molar-refractivity contribution in [2.24, 2.45) is 5.92 Å². The molecule has 0 fully saturated rings. The summed E-state index contributed by atoms with van der Waals surface area (Å²) in [5.74, 6) is 0.362. The molecular weight excluding hydrogens is 304 g/mol. The van der Waals surface area contributed by atoms with Crippen molar-refractivity contribution in [1.82, 2.24) is 10.6 Å². The molecule has 0 saturated heterocycles. The van der Waals surface area contributed by atoms with Crippen molar-refractivity contribution in [3.63, 3.8) is 0 Å². The molecule has 0 aliphatic carbocycles. The van der Waals surface area contributed by atoms with Crippen molar-refractivity contribution in [3.05, 3.63) is 35.8 Å². The number of hydrogen-bond acceptors (Lipinski definition) is 4. The summed E-state index contributed by atoms with van der Waals surface area (Å²) in [6.45, 7) is 9.97. The molecule has 0 saturated carbocycles. The summed E-state index contributed by atoms with van der Waals surface area (Å²) in [5.41, 5.74) is -0.716. The van der Waals surface area contributed by atoms with Crippen molar-refractivity contribution in [2.75, 3.05) is 13.1 Å². The van der Waals surface area contributed by atoms with Gasteiger partial charge in [-0.05, 0) is 45.2 Å². The van der Waals surface area contributed by atoms with E-state index in [-0.39, 0.29) is 30.6 Å². The lowest BCUT2D eigenvalue weighted by Crippen LogP contribution is -2.50. The van der Waals surface area contributed by atoms with E-state index in [1.807, 2.05) is 13.8 Å². The van der Waals surface area contributed by atoms with Crippen molar-refractivity contribution in [2.45, 2.75) is 58.8 Å². The Kier molecular flexibility index (Phi) is 5.49. The van der Waals surface area contributed by atoms with Gasteiger partial charge in [-0.2, -0.15) is 0 Å². The standard InChI is InChI=1S/C19H32N2O3/c1-14(2)12-20-13-17(22)16(11-15-9-7-6-8-10-15)21-18(23)24-19(3,4)5/h6-10,14,16-17,20,22H,11-13H2,1-5H3,(H,21,23)/t16-,17+/m0/s1/i6D,7D,8D,9D,10D. The Balaban J connectivity index is 3.13. The topological polar surface area (TPSA) is 70.6 Å². The normalized spacial score (nSPS) is 17.2. The molecule has 5 heteroatoms. The average molecular weight is 342 g/mol. The fraction of sp³-hybridized carbons (Fsp3) is 0.632. The number of amides is 1. The fourth-order valence-corrected chi connectivity index (χ4v) is 2.00. The molecule has 1 rings (SSSR count). The highest BCUT2D eigenvalue weighted by atomic mass is 16.6. The summed E-state index contributed by atoms with van der Waals surface area (Å²) >= 11 is 0. The van der Waals surface area contributed by atoms with E-state index in [1.165, 1.54) is 0 Å². The van der Waals surface area contributed by atoms with Gasteiger partial charge >= 0.3 is 6.09 Å². The largest absolute Gasteiger partial charge is 0.444 e. The molecule has 0 aromatic heterocycles. The molecule has 3 N–H and O–H groups in total. The molecule has 136 valence electrons. The first-order valence-corrected chi connectivity index (χ1v) is 8.18. The minimum absolute atomic E-state index is 0.0277. The molecule has 0 spiro atoms. The zero-order valence-corrected chi connectivity index (χ0v) is 15.1. The second kappa shape index (κ2) is 9.64. The van der Waals surface area contributed by atoms with Crippen LogP contribution in [-0.4, -0.2) is 42.0 Å². The minimum Gasteiger partial charge on any atom is -0.444 e. The molecule has 0 unspecified atom stereocenters. The van der Waals surface area contributed by atoms with Crippen LogP contribution in [0.3, 0.4) is 0 Å². The zero-order valence-electron chi connectivity index (χ0n) is 20.1. The van der Waals surface area contributed by atoms with E-state index in [0.717, 1.165) is 0 Å². The number of benzene rings is 1. The van der Waals surface area contributed by atoms with Gasteiger partial charge in [-0.25, -0.2) is 4.79 Å². The van der Waals surface area contributed by atoms with Gasteiger partial charge in [-0.3, -0.25) is 0 Å². The highest BCUT2D eigenvalue weighted by Gasteiger charge is 2.24. The van der Waals surface area contributed by atoms with Crippen LogP contribution < -0.4 is 10.6 Å². The van der Waals surface area contributed by atoms with Crippen LogP contribution in [0.25, 0.3) is 0 Å². The van der Waals surface area contributed by atoms with Crippen LogP contribution in [0, 0.1) is 5.92 Å². The molecule has 0 radical (unpaired) electrons.